The SMILES string of the molecule is Cc1cccc(NS(=O)(=O)c2cc(NC(=O)C(C)CN)ccc2C)c1. The average Bonchev–Trinajstić information content (AvgIpc) is 2.55. The summed E-state index contributed by atoms with van der Waals surface area (Å²) in [6.45, 7) is 5.52. The lowest BCUT2D eigenvalue weighted by Gasteiger charge is -2.14. The summed E-state index contributed by atoms with van der Waals surface area (Å²) in [5.41, 5.74) is 7.93. The van der Waals surface area contributed by atoms with E-state index in [0.29, 0.717) is 16.9 Å². The Hall–Kier alpha value is -2.38. The first-order chi connectivity index (χ1) is 11.7. The van der Waals surface area contributed by atoms with Gasteiger partial charge in [0.15, 0.2) is 0 Å². The first-order valence-electron chi connectivity index (χ1n) is 7.94. The largest absolute Gasteiger partial charge is 0.330 e. The van der Waals surface area contributed by atoms with E-state index in [4.69, 9.17) is 5.73 Å². The predicted octanol–water partition coefficient (Wildman–Crippen LogP) is 2.64. The molecule has 0 aliphatic heterocycles. The van der Waals surface area contributed by atoms with Gasteiger partial charge in [-0.05, 0) is 49.2 Å². The second-order valence-corrected chi connectivity index (χ2v) is 7.73. The van der Waals surface area contributed by atoms with Gasteiger partial charge in [0, 0.05) is 23.8 Å². The molecule has 7 heteroatoms. The summed E-state index contributed by atoms with van der Waals surface area (Å²) in [6.07, 6.45) is 0. The molecular weight excluding hydrogens is 338 g/mol. The lowest BCUT2D eigenvalue weighted by molar-refractivity contribution is -0.119. The van der Waals surface area contributed by atoms with Crippen LogP contribution in [0.3, 0.4) is 0 Å². The molecule has 0 spiro atoms. The molecule has 0 saturated carbocycles. The minimum atomic E-state index is -3.77. The molecule has 2 aromatic rings. The van der Waals surface area contributed by atoms with Crippen LogP contribution >= 0.6 is 0 Å². The van der Waals surface area contributed by atoms with E-state index in [1.807, 2.05) is 13.0 Å². The quantitative estimate of drug-likeness (QED) is 0.736. The molecule has 25 heavy (non-hydrogen) atoms. The van der Waals surface area contributed by atoms with Crippen LogP contribution in [0.2, 0.25) is 0 Å². The Morgan fingerprint density at radius 3 is 2.48 bits per heavy atom. The number of nitrogens with two attached hydrogens (primary N) is 1. The van der Waals surface area contributed by atoms with E-state index < -0.39 is 10.0 Å². The molecule has 0 aliphatic rings. The molecule has 1 unspecified atom stereocenters. The number of carbonyl (C=O) groups is 1. The summed E-state index contributed by atoms with van der Waals surface area (Å²) in [5, 5.41) is 2.69. The van der Waals surface area contributed by atoms with Crippen LogP contribution in [0.5, 0.6) is 0 Å². The van der Waals surface area contributed by atoms with E-state index in [9.17, 15) is 13.2 Å². The number of rotatable bonds is 6. The summed E-state index contributed by atoms with van der Waals surface area (Å²) in [4.78, 5) is 12.1. The van der Waals surface area contributed by atoms with Crippen molar-refractivity contribution in [2.75, 3.05) is 16.6 Å². The third kappa shape index (κ3) is 4.80. The van der Waals surface area contributed by atoms with E-state index in [-0.39, 0.29) is 23.3 Å². The molecule has 6 nitrogen and oxygen atoms in total. The van der Waals surface area contributed by atoms with E-state index in [1.54, 1.807) is 44.2 Å². The summed E-state index contributed by atoms with van der Waals surface area (Å²) in [6, 6.07) is 11.9. The van der Waals surface area contributed by atoms with Crippen molar-refractivity contribution < 1.29 is 13.2 Å². The van der Waals surface area contributed by atoms with Crippen LogP contribution in [0.1, 0.15) is 18.1 Å². The van der Waals surface area contributed by atoms with Crippen LogP contribution in [0.4, 0.5) is 11.4 Å². The van der Waals surface area contributed by atoms with Crippen molar-refractivity contribution in [1.29, 1.82) is 0 Å². The van der Waals surface area contributed by atoms with Gasteiger partial charge in [-0.15, -0.1) is 0 Å². The number of hydrogen-bond acceptors (Lipinski definition) is 4. The molecule has 0 radical (unpaired) electrons. The van der Waals surface area contributed by atoms with Gasteiger partial charge in [-0.2, -0.15) is 0 Å². The number of carbonyl (C=O) groups excluding carboxylic acids is 1. The van der Waals surface area contributed by atoms with Crippen LogP contribution in [-0.2, 0) is 14.8 Å². The van der Waals surface area contributed by atoms with Gasteiger partial charge in [0.25, 0.3) is 10.0 Å². The highest BCUT2D eigenvalue weighted by molar-refractivity contribution is 7.92. The molecule has 1 amide bonds. The predicted molar refractivity (Wildman–Crippen MR) is 100 cm³/mol. The zero-order chi connectivity index (χ0) is 18.6. The number of hydrogen-bond donors (Lipinski definition) is 3. The molecule has 0 heterocycles. The Balaban J connectivity index is 2.31. The first-order valence-corrected chi connectivity index (χ1v) is 9.42. The molecule has 0 aliphatic carbocycles. The van der Waals surface area contributed by atoms with E-state index in [1.165, 1.54) is 6.07 Å². The molecule has 0 saturated heterocycles. The highest BCUT2D eigenvalue weighted by atomic mass is 32.2. The Bertz CT molecular complexity index is 879. The van der Waals surface area contributed by atoms with Crippen LogP contribution < -0.4 is 15.8 Å². The van der Waals surface area contributed by atoms with Gasteiger partial charge in [-0.25, -0.2) is 8.42 Å². The first kappa shape index (κ1) is 19.0. The molecule has 0 aromatic heterocycles. The van der Waals surface area contributed by atoms with Crippen molar-refractivity contribution in [2.45, 2.75) is 25.7 Å². The molecule has 2 rings (SSSR count). The number of nitrogens with one attached hydrogen (secondary N) is 2. The highest BCUT2D eigenvalue weighted by Gasteiger charge is 2.19. The number of sulfonamides is 1. The van der Waals surface area contributed by atoms with Crippen molar-refractivity contribution in [3.63, 3.8) is 0 Å². The lowest BCUT2D eigenvalue weighted by Crippen LogP contribution is -2.26. The maximum absolute atomic E-state index is 12.7. The van der Waals surface area contributed by atoms with Gasteiger partial charge in [0.1, 0.15) is 0 Å². The van der Waals surface area contributed by atoms with Gasteiger partial charge in [0.05, 0.1) is 4.90 Å². The second kappa shape index (κ2) is 7.67. The topological polar surface area (TPSA) is 101 Å². The van der Waals surface area contributed by atoms with Gasteiger partial charge >= 0.3 is 0 Å². The van der Waals surface area contributed by atoms with E-state index in [2.05, 4.69) is 10.0 Å². The minimum absolute atomic E-state index is 0.118. The second-order valence-electron chi connectivity index (χ2n) is 6.08. The monoisotopic (exact) mass is 361 g/mol. The van der Waals surface area contributed by atoms with Crippen LogP contribution in [-0.4, -0.2) is 20.9 Å². The normalized spacial score (nSPS) is 12.5. The van der Waals surface area contributed by atoms with Crippen molar-refractivity contribution in [3.8, 4) is 0 Å². The summed E-state index contributed by atoms with van der Waals surface area (Å²) in [5.74, 6) is -0.604. The van der Waals surface area contributed by atoms with E-state index >= 15 is 0 Å². The molecule has 2 aromatic carbocycles. The summed E-state index contributed by atoms with van der Waals surface area (Å²) in [7, 11) is -3.77. The molecule has 0 bridgehead atoms. The van der Waals surface area contributed by atoms with Crippen molar-refractivity contribution in [1.82, 2.24) is 0 Å². The minimum Gasteiger partial charge on any atom is -0.330 e. The van der Waals surface area contributed by atoms with Crippen LogP contribution in [0, 0.1) is 19.8 Å². The van der Waals surface area contributed by atoms with E-state index in [0.717, 1.165) is 5.56 Å². The fraction of sp³-hybridized carbons (Fsp3) is 0.278. The molecule has 1 atom stereocenters. The number of benzene rings is 2. The Morgan fingerprint density at radius 2 is 1.84 bits per heavy atom. The van der Waals surface area contributed by atoms with Crippen LogP contribution in [0.25, 0.3) is 0 Å². The van der Waals surface area contributed by atoms with Crippen LogP contribution in [0.15, 0.2) is 47.4 Å². The van der Waals surface area contributed by atoms with Gasteiger partial charge in [0.2, 0.25) is 5.91 Å². The molecule has 4 N–H and O–H groups in total. The van der Waals surface area contributed by atoms with Gasteiger partial charge in [-0.3, -0.25) is 9.52 Å². The smallest absolute Gasteiger partial charge is 0.262 e. The molecule has 0 fully saturated rings. The Kier molecular flexibility index (Phi) is 5.81. The highest BCUT2D eigenvalue weighted by Crippen LogP contribution is 2.23. The maximum Gasteiger partial charge on any atom is 0.262 e. The summed E-state index contributed by atoms with van der Waals surface area (Å²) >= 11 is 0. The van der Waals surface area contributed by atoms with Gasteiger partial charge < -0.3 is 11.1 Å². The van der Waals surface area contributed by atoms with Crippen molar-refractivity contribution in [2.24, 2.45) is 11.7 Å². The fourth-order valence-electron chi connectivity index (χ4n) is 2.26. The Morgan fingerprint density at radius 1 is 1.12 bits per heavy atom. The number of aryl methyl sites for hydroxylation is 2. The number of anilines is 2. The fourth-order valence-corrected chi connectivity index (χ4v) is 3.58. The average molecular weight is 361 g/mol. The molecule has 134 valence electrons. The standard InChI is InChI=1S/C18H23N3O3S/c1-12-5-4-6-16(9-12)21-25(23,24)17-10-15(8-7-13(17)2)20-18(22)14(3)11-19/h4-10,14,21H,11,19H2,1-3H3,(H,20,22). The third-order valence-electron chi connectivity index (χ3n) is 3.82. The van der Waals surface area contributed by atoms with Crippen molar-refractivity contribution in [3.05, 3.63) is 53.6 Å². The Labute approximate surface area is 148 Å². The maximum atomic E-state index is 12.7. The zero-order valence-electron chi connectivity index (χ0n) is 14.5. The van der Waals surface area contributed by atoms with Gasteiger partial charge in [-0.1, -0.05) is 25.1 Å². The summed E-state index contributed by atoms with van der Waals surface area (Å²) < 4.78 is 28.0. The molecular formula is C18H23N3O3S. The number of amides is 1. The zero-order valence-corrected chi connectivity index (χ0v) is 15.4. The van der Waals surface area contributed by atoms with Crippen molar-refractivity contribution >= 4 is 27.3 Å². The third-order valence-corrected chi connectivity index (χ3v) is 5.34. The lowest BCUT2D eigenvalue weighted by atomic mass is 10.1.